The van der Waals surface area contributed by atoms with E-state index in [4.69, 9.17) is 5.73 Å². The summed E-state index contributed by atoms with van der Waals surface area (Å²) >= 11 is 1.34. The number of rotatable bonds is 4. The van der Waals surface area contributed by atoms with Gasteiger partial charge in [0.1, 0.15) is 5.03 Å². The Balaban J connectivity index is 2.18. The van der Waals surface area contributed by atoms with Crippen molar-refractivity contribution in [1.29, 1.82) is 0 Å². The molecular formula is C14H13F3N2S. The molecule has 0 bridgehead atoms. The Kier molecular flexibility index (Phi) is 4.67. The minimum Gasteiger partial charge on any atom is -0.330 e. The number of hydrogen-bond donors (Lipinski definition) is 1. The zero-order chi connectivity index (χ0) is 14.6. The molecule has 2 N–H and O–H groups in total. The highest BCUT2D eigenvalue weighted by Crippen LogP contribution is 2.32. The lowest BCUT2D eigenvalue weighted by molar-refractivity contribution is -0.137. The Bertz CT molecular complexity index is 567. The predicted octanol–water partition coefficient (Wildman–Crippen LogP) is 3.75. The van der Waals surface area contributed by atoms with Gasteiger partial charge in [-0.05, 0) is 36.7 Å². The van der Waals surface area contributed by atoms with Gasteiger partial charge in [0.2, 0.25) is 0 Å². The summed E-state index contributed by atoms with van der Waals surface area (Å²) in [4.78, 5) is 4.82. The largest absolute Gasteiger partial charge is 0.417 e. The Hall–Kier alpha value is -1.53. The second kappa shape index (κ2) is 6.28. The lowest BCUT2D eigenvalue weighted by atomic mass is 10.1. The minimum absolute atomic E-state index is 0.526. The first kappa shape index (κ1) is 14.9. The number of nitrogens with two attached hydrogens (primary N) is 1. The van der Waals surface area contributed by atoms with E-state index in [0.717, 1.165) is 29.1 Å². The van der Waals surface area contributed by atoms with Gasteiger partial charge in [0, 0.05) is 11.1 Å². The van der Waals surface area contributed by atoms with Crippen LogP contribution in [-0.2, 0) is 12.6 Å². The quantitative estimate of drug-likeness (QED) is 0.934. The molecule has 0 spiro atoms. The number of nitrogens with zero attached hydrogens (tertiary/aromatic N) is 1. The molecule has 106 valence electrons. The molecule has 20 heavy (non-hydrogen) atoms. The van der Waals surface area contributed by atoms with Crippen molar-refractivity contribution in [2.45, 2.75) is 22.5 Å². The number of aromatic nitrogens is 1. The summed E-state index contributed by atoms with van der Waals surface area (Å²) in [7, 11) is 0. The van der Waals surface area contributed by atoms with Crippen LogP contribution in [0.5, 0.6) is 0 Å². The predicted molar refractivity (Wildman–Crippen MR) is 72.6 cm³/mol. The van der Waals surface area contributed by atoms with E-state index in [1.165, 1.54) is 17.8 Å². The van der Waals surface area contributed by atoms with Crippen molar-refractivity contribution in [1.82, 2.24) is 4.98 Å². The topological polar surface area (TPSA) is 38.9 Å². The molecule has 6 heteroatoms. The van der Waals surface area contributed by atoms with Gasteiger partial charge in [-0.3, -0.25) is 0 Å². The highest BCUT2D eigenvalue weighted by atomic mass is 32.2. The molecule has 0 radical (unpaired) electrons. The molecule has 0 amide bonds. The molecule has 0 aliphatic heterocycles. The normalized spacial score (nSPS) is 11.6. The van der Waals surface area contributed by atoms with Crippen LogP contribution >= 0.6 is 11.8 Å². The van der Waals surface area contributed by atoms with E-state index in [9.17, 15) is 13.2 Å². The van der Waals surface area contributed by atoms with E-state index in [1.54, 1.807) is 0 Å². The maximum absolute atomic E-state index is 12.5. The lowest BCUT2D eigenvalue weighted by Gasteiger charge is -2.09. The fourth-order valence-corrected chi connectivity index (χ4v) is 2.60. The average molecular weight is 298 g/mol. The van der Waals surface area contributed by atoms with E-state index in [1.807, 2.05) is 24.3 Å². The highest BCUT2D eigenvalue weighted by Gasteiger charge is 2.30. The van der Waals surface area contributed by atoms with Crippen LogP contribution in [0.25, 0.3) is 0 Å². The number of halogens is 3. The molecule has 0 aliphatic carbocycles. The van der Waals surface area contributed by atoms with Crippen molar-refractivity contribution in [3.63, 3.8) is 0 Å². The Morgan fingerprint density at radius 3 is 2.45 bits per heavy atom. The van der Waals surface area contributed by atoms with Crippen molar-refractivity contribution in [2.24, 2.45) is 5.73 Å². The number of benzene rings is 1. The van der Waals surface area contributed by atoms with Crippen LogP contribution in [-0.4, -0.2) is 11.5 Å². The summed E-state index contributed by atoms with van der Waals surface area (Å²) in [5, 5.41) is 0.530. The second-order valence-corrected chi connectivity index (χ2v) is 5.19. The summed E-state index contributed by atoms with van der Waals surface area (Å²) in [6.07, 6.45) is -2.77. The zero-order valence-corrected chi connectivity index (χ0v) is 11.3. The fraction of sp³-hybridized carbons (Fsp3) is 0.214. The van der Waals surface area contributed by atoms with Gasteiger partial charge in [0.05, 0.1) is 5.56 Å². The number of alkyl halides is 3. The van der Waals surface area contributed by atoms with Crippen molar-refractivity contribution >= 4 is 11.8 Å². The van der Waals surface area contributed by atoms with Crippen LogP contribution in [0, 0.1) is 0 Å². The maximum atomic E-state index is 12.5. The van der Waals surface area contributed by atoms with Crippen molar-refractivity contribution < 1.29 is 13.2 Å². The molecule has 1 aromatic carbocycles. The molecule has 1 aromatic heterocycles. The lowest BCUT2D eigenvalue weighted by Crippen LogP contribution is -2.05. The summed E-state index contributed by atoms with van der Waals surface area (Å²) in [5.41, 5.74) is 5.87. The second-order valence-electron chi connectivity index (χ2n) is 4.13. The van der Waals surface area contributed by atoms with Crippen molar-refractivity contribution in [2.75, 3.05) is 6.54 Å². The van der Waals surface area contributed by atoms with Crippen LogP contribution < -0.4 is 5.73 Å². The molecule has 2 nitrogen and oxygen atoms in total. The molecule has 0 saturated carbocycles. The van der Waals surface area contributed by atoms with Gasteiger partial charge >= 0.3 is 6.18 Å². The third-order valence-corrected chi connectivity index (χ3v) is 3.73. The first-order chi connectivity index (χ1) is 9.50. The maximum Gasteiger partial charge on any atom is 0.417 e. The van der Waals surface area contributed by atoms with E-state index in [2.05, 4.69) is 4.98 Å². The summed E-state index contributed by atoms with van der Waals surface area (Å²) in [6, 6.07) is 10.1. The van der Waals surface area contributed by atoms with Crippen LogP contribution in [0.15, 0.2) is 52.5 Å². The zero-order valence-electron chi connectivity index (χ0n) is 10.5. The van der Waals surface area contributed by atoms with Crippen LogP contribution in [0.2, 0.25) is 0 Å². The molecule has 2 rings (SSSR count). The fourth-order valence-electron chi connectivity index (χ4n) is 1.69. The van der Waals surface area contributed by atoms with Crippen LogP contribution in [0.1, 0.15) is 11.1 Å². The number of pyridine rings is 1. The summed E-state index contributed by atoms with van der Waals surface area (Å²) < 4.78 is 37.4. The molecule has 2 aromatic rings. The summed E-state index contributed by atoms with van der Waals surface area (Å²) in [6.45, 7) is 0.526. The van der Waals surface area contributed by atoms with Crippen LogP contribution in [0.3, 0.4) is 0 Å². The van der Waals surface area contributed by atoms with Crippen molar-refractivity contribution in [3.8, 4) is 0 Å². The molecule has 0 unspecified atom stereocenters. The molecule has 0 saturated heterocycles. The van der Waals surface area contributed by atoms with Gasteiger partial charge in [-0.25, -0.2) is 4.98 Å². The van der Waals surface area contributed by atoms with E-state index in [0.29, 0.717) is 11.6 Å². The SMILES string of the molecule is NCCc1ccccc1Sc1ccc(C(F)(F)F)cn1. The molecule has 1 heterocycles. The van der Waals surface area contributed by atoms with Gasteiger partial charge in [-0.15, -0.1) is 0 Å². The molecule has 0 fully saturated rings. The average Bonchev–Trinajstić information content (AvgIpc) is 2.41. The van der Waals surface area contributed by atoms with Gasteiger partial charge < -0.3 is 5.73 Å². The first-order valence-electron chi connectivity index (χ1n) is 6.00. The molecular weight excluding hydrogens is 285 g/mol. The smallest absolute Gasteiger partial charge is 0.330 e. The minimum atomic E-state index is -4.35. The monoisotopic (exact) mass is 298 g/mol. The Morgan fingerprint density at radius 2 is 1.85 bits per heavy atom. The third kappa shape index (κ3) is 3.74. The van der Waals surface area contributed by atoms with Gasteiger partial charge in [0.25, 0.3) is 0 Å². The van der Waals surface area contributed by atoms with E-state index >= 15 is 0 Å². The molecule has 0 atom stereocenters. The Labute approximate surface area is 119 Å². The first-order valence-corrected chi connectivity index (χ1v) is 6.81. The van der Waals surface area contributed by atoms with Crippen LogP contribution in [0.4, 0.5) is 13.2 Å². The molecule has 0 aliphatic rings. The highest BCUT2D eigenvalue weighted by molar-refractivity contribution is 7.99. The Morgan fingerprint density at radius 1 is 1.10 bits per heavy atom. The summed E-state index contributed by atoms with van der Waals surface area (Å²) in [5.74, 6) is 0. The van der Waals surface area contributed by atoms with Crippen molar-refractivity contribution in [3.05, 3.63) is 53.7 Å². The van der Waals surface area contributed by atoms with Gasteiger partial charge in [-0.2, -0.15) is 13.2 Å². The number of hydrogen-bond acceptors (Lipinski definition) is 3. The van der Waals surface area contributed by atoms with E-state index in [-0.39, 0.29) is 0 Å². The van der Waals surface area contributed by atoms with Gasteiger partial charge in [0.15, 0.2) is 0 Å². The van der Waals surface area contributed by atoms with E-state index < -0.39 is 11.7 Å². The standard InChI is InChI=1S/C14H13F3N2S/c15-14(16,17)11-5-6-13(19-9-11)20-12-4-2-1-3-10(12)7-8-18/h1-6,9H,7-8,18H2. The third-order valence-electron chi connectivity index (χ3n) is 2.66. The van der Waals surface area contributed by atoms with Gasteiger partial charge in [-0.1, -0.05) is 30.0 Å².